The lowest BCUT2D eigenvalue weighted by Gasteiger charge is -2.29. The predicted molar refractivity (Wildman–Crippen MR) is 57.4 cm³/mol. The van der Waals surface area contributed by atoms with Crippen molar-refractivity contribution < 1.29 is 5.11 Å². The molecule has 0 saturated heterocycles. The van der Waals surface area contributed by atoms with Gasteiger partial charge in [0.1, 0.15) is 6.10 Å². The van der Waals surface area contributed by atoms with Crippen LogP contribution in [0.25, 0.3) is 0 Å². The quantitative estimate of drug-likeness (QED) is 0.819. The lowest BCUT2D eigenvalue weighted by Crippen LogP contribution is -2.42. The molecule has 0 amide bonds. The van der Waals surface area contributed by atoms with Gasteiger partial charge in [0.25, 0.3) is 0 Å². The SMILES string of the molecule is CNC(C)(C)C(O)c1sccc1Cl. The van der Waals surface area contributed by atoms with Gasteiger partial charge in [0.2, 0.25) is 0 Å². The van der Waals surface area contributed by atoms with Gasteiger partial charge in [0.05, 0.1) is 9.90 Å². The van der Waals surface area contributed by atoms with Crippen LogP contribution < -0.4 is 5.32 Å². The first-order chi connectivity index (χ1) is 5.99. The average Bonchev–Trinajstić information content (AvgIpc) is 2.50. The molecule has 1 rings (SSSR count). The van der Waals surface area contributed by atoms with E-state index < -0.39 is 6.10 Å². The molecule has 0 spiro atoms. The second-order valence-corrected chi connectivity index (χ2v) is 4.86. The molecule has 1 atom stereocenters. The van der Waals surface area contributed by atoms with Gasteiger partial charge in [-0.05, 0) is 32.3 Å². The molecule has 0 bridgehead atoms. The van der Waals surface area contributed by atoms with E-state index in [0.29, 0.717) is 5.02 Å². The van der Waals surface area contributed by atoms with Gasteiger partial charge in [-0.1, -0.05) is 11.6 Å². The Balaban J connectivity index is 2.91. The van der Waals surface area contributed by atoms with E-state index in [-0.39, 0.29) is 5.54 Å². The molecule has 4 heteroatoms. The third-order valence-electron chi connectivity index (χ3n) is 2.22. The Bertz CT molecular complexity index is 285. The largest absolute Gasteiger partial charge is 0.386 e. The lowest BCUT2D eigenvalue weighted by molar-refractivity contribution is 0.0887. The Kier molecular flexibility index (Phi) is 3.35. The minimum Gasteiger partial charge on any atom is -0.386 e. The fourth-order valence-corrected chi connectivity index (χ4v) is 2.29. The molecule has 2 N–H and O–H groups in total. The maximum atomic E-state index is 9.98. The number of thiophene rings is 1. The highest BCUT2D eigenvalue weighted by Gasteiger charge is 2.29. The zero-order valence-electron chi connectivity index (χ0n) is 7.97. The molecule has 1 aromatic rings. The Morgan fingerprint density at radius 3 is 2.62 bits per heavy atom. The van der Waals surface area contributed by atoms with Crippen LogP contribution in [0, 0.1) is 0 Å². The van der Waals surface area contributed by atoms with Gasteiger partial charge in [0.15, 0.2) is 0 Å². The van der Waals surface area contributed by atoms with E-state index >= 15 is 0 Å². The number of aliphatic hydroxyl groups excluding tert-OH is 1. The van der Waals surface area contributed by atoms with Crippen LogP contribution in [0.1, 0.15) is 24.8 Å². The van der Waals surface area contributed by atoms with Gasteiger partial charge >= 0.3 is 0 Å². The third kappa shape index (κ3) is 2.23. The second kappa shape index (κ2) is 3.96. The average molecular weight is 220 g/mol. The molecule has 0 saturated carbocycles. The summed E-state index contributed by atoms with van der Waals surface area (Å²) in [5.74, 6) is 0. The summed E-state index contributed by atoms with van der Waals surface area (Å²) in [4.78, 5) is 0.820. The van der Waals surface area contributed by atoms with Gasteiger partial charge in [-0.2, -0.15) is 0 Å². The fraction of sp³-hybridized carbons (Fsp3) is 0.556. The molecule has 0 fully saturated rings. The van der Waals surface area contributed by atoms with Gasteiger partial charge in [-0.3, -0.25) is 0 Å². The van der Waals surface area contributed by atoms with Crippen molar-refractivity contribution in [2.45, 2.75) is 25.5 Å². The molecule has 1 unspecified atom stereocenters. The number of aliphatic hydroxyl groups is 1. The second-order valence-electron chi connectivity index (χ2n) is 3.51. The van der Waals surface area contributed by atoms with Crippen molar-refractivity contribution in [3.63, 3.8) is 0 Å². The number of likely N-dealkylation sites (N-methyl/N-ethyl adjacent to an activating group) is 1. The molecular formula is C9H14ClNOS. The van der Waals surface area contributed by atoms with E-state index in [9.17, 15) is 5.11 Å². The summed E-state index contributed by atoms with van der Waals surface area (Å²) in [7, 11) is 1.82. The van der Waals surface area contributed by atoms with E-state index in [2.05, 4.69) is 5.32 Å². The summed E-state index contributed by atoms with van der Waals surface area (Å²) in [6.45, 7) is 3.88. The summed E-state index contributed by atoms with van der Waals surface area (Å²) in [5, 5.41) is 15.6. The Morgan fingerprint density at radius 1 is 1.62 bits per heavy atom. The minimum absolute atomic E-state index is 0.353. The van der Waals surface area contributed by atoms with E-state index in [0.717, 1.165) is 4.88 Å². The molecule has 74 valence electrons. The summed E-state index contributed by atoms with van der Waals surface area (Å²) in [6, 6.07) is 1.80. The summed E-state index contributed by atoms with van der Waals surface area (Å²) in [6.07, 6.45) is -0.565. The standard InChI is InChI=1S/C9H14ClNOS/c1-9(2,11-3)8(12)7-6(10)4-5-13-7/h4-5,8,11-12H,1-3H3. The van der Waals surface area contributed by atoms with Gasteiger partial charge in [-0.15, -0.1) is 11.3 Å². The van der Waals surface area contributed by atoms with Crippen LogP contribution in [0.2, 0.25) is 5.02 Å². The molecule has 0 aliphatic rings. The highest BCUT2D eigenvalue weighted by Crippen LogP contribution is 2.34. The van der Waals surface area contributed by atoms with Crippen molar-refractivity contribution in [2.24, 2.45) is 0 Å². The van der Waals surface area contributed by atoms with Gasteiger partial charge in [-0.25, -0.2) is 0 Å². The Hall–Kier alpha value is -0.0900. The number of nitrogens with one attached hydrogen (secondary N) is 1. The first kappa shape index (κ1) is 11.0. The predicted octanol–water partition coefficient (Wildman–Crippen LogP) is 2.43. The topological polar surface area (TPSA) is 32.3 Å². The first-order valence-electron chi connectivity index (χ1n) is 4.09. The van der Waals surface area contributed by atoms with Crippen molar-refractivity contribution in [3.8, 4) is 0 Å². The number of hydrogen-bond acceptors (Lipinski definition) is 3. The van der Waals surface area contributed by atoms with Crippen LogP contribution in [-0.4, -0.2) is 17.7 Å². The molecule has 1 aromatic heterocycles. The molecule has 1 heterocycles. The smallest absolute Gasteiger partial charge is 0.107 e. The molecule has 0 aliphatic carbocycles. The zero-order chi connectivity index (χ0) is 10.1. The van der Waals surface area contributed by atoms with Crippen LogP contribution in [0.3, 0.4) is 0 Å². The van der Waals surface area contributed by atoms with Crippen LogP contribution in [0.5, 0.6) is 0 Å². The summed E-state index contributed by atoms with van der Waals surface area (Å²) < 4.78 is 0. The van der Waals surface area contributed by atoms with E-state index in [1.807, 2.05) is 26.3 Å². The molecule has 0 aliphatic heterocycles. The first-order valence-corrected chi connectivity index (χ1v) is 5.34. The Morgan fingerprint density at radius 2 is 2.23 bits per heavy atom. The van der Waals surface area contributed by atoms with Crippen LogP contribution in [0.15, 0.2) is 11.4 Å². The number of hydrogen-bond donors (Lipinski definition) is 2. The number of rotatable bonds is 3. The highest BCUT2D eigenvalue weighted by molar-refractivity contribution is 7.10. The minimum atomic E-state index is -0.565. The van der Waals surface area contributed by atoms with Crippen LogP contribution in [-0.2, 0) is 0 Å². The maximum absolute atomic E-state index is 9.98. The van der Waals surface area contributed by atoms with Crippen LogP contribution in [0.4, 0.5) is 0 Å². The number of halogens is 1. The van der Waals surface area contributed by atoms with Gasteiger partial charge < -0.3 is 10.4 Å². The van der Waals surface area contributed by atoms with E-state index in [1.54, 1.807) is 6.07 Å². The monoisotopic (exact) mass is 219 g/mol. The Labute approximate surface area is 87.5 Å². The maximum Gasteiger partial charge on any atom is 0.107 e. The summed E-state index contributed by atoms with van der Waals surface area (Å²) >= 11 is 7.40. The molecule has 13 heavy (non-hydrogen) atoms. The normalized spacial score (nSPS) is 14.5. The van der Waals surface area contributed by atoms with Crippen molar-refractivity contribution in [3.05, 3.63) is 21.3 Å². The molecule has 2 nitrogen and oxygen atoms in total. The van der Waals surface area contributed by atoms with Crippen molar-refractivity contribution in [2.75, 3.05) is 7.05 Å². The highest BCUT2D eigenvalue weighted by atomic mass is 35.5. The van der Waals surface area contributed by atoms with E-state index in [4.69, 9.17) is 11.6 Å². The fourth-order valence-electron chi connectivity index (χ4n) is 0.965. The van der Waals surface area contributed by atoms with Gasteiger partial charge in [0, 0.05) is 5.54 Å². The van der Waals surface area contributed by atoms with E-state index in [1.165, 1.54) is 11.3 Å². The molecule has 0 aromatic carbocycles. The van der Waals surface area contributed by atoms with Crippen LogP contribution >= 0.6 is 22.9 Å². The van der Waals surface area contributed by atoms with Crippen molar-refractivity contribution >= 4 is 22.9 Å². The third-order valence-corrected chi connectivity index (χ3v) is 3.63. The van der Waals surface area contributed by atoms with Crippen molar-refractivity contribution in [1.82, 2.24) is 5.32 Å². The molecule has 0 radical (unpaired) electrons. The van der Waals surface area contributed by atoms with Crippen molar-refractivity contribution in [1.29, 1.82) is 0 Å². The lowest BCUT2D eigenvalue weighted by atomic mass is 9.96. The zero-order valence-corrected chi connectivity index (χ0v) is 9.54. The summed E-state index contributed by atoms with van der Waals surface area (Å²) in [5.41, 5.74) is -0.353. The molecular weight excluding hydrogens is 206 g/mol.